The number of benzene rings is 1. The Morgan fingerprint density at radius 2 is 1.92 bits per heavy atom. The highest BCUT2D eigenvalue weighted by atomic mass is 19.1. The van der Waals surface area contributed by atoms with E-state index in [1.54, 1.807) is 12.3 Å². The molecule has 2 aliphatic rings. The Morgan fingerprint density at radius 3 is 2.61 bits per heavy atom. The first-order valence-electron chi connectivity index (χ1n) is 12.5. The fraction of sp³-hybridized carbons (Fsp3) is 0.414. The molecular formula is C29H31FN2O4. The Balaban J connectivity index is 1.39. The fourth-order valence-electron chi connectivity index (χ4n) is 5.26. The number of rotatable bonds is 7. The fourth-order valence-corrected chi connectivity index (χ4v) is 5.26. The van der Waals surface area contributed by atoms with Crippen LogP contribution in [-0.4, -0.2) is 30.2 Å². The van der Waals surface area contributed by atoms with E-state index in [1.807, 2.05) is 19.1 Å². The number of nitrogens with zero attached hydrogens (tertiary/aromatic N) is 2. The van der Waals surface area contributed by atoms with Crippen molar-refractivity contribution >= 4 is 5.97 Å². The molecule has 7 heteroatoms. The van der Waals surface area contributed by atoms with Gasteiger partial charge in [-0.25, -0.2) is 9.37 Å². The molecule has 5 rings (SSSR count). The van der Waals surface area contributed by atoms with Gasteiger partial charge in [0.25, 0.3) is 0 Å². The normalized spacial score (nSPS) is 18.8. The molecule has 188 valence electrons. The van der Waals surface area contributed by atoms with Gasteiger partial charge in [-0.3, -0.25) is 9.78 Å². The highest BCUT2D eigenvalue weighted by molar-refractivity contribution is 5.73. The third-order valence-corrected chi connectivity index (χ3v) is 7.37. The number of halogens is 1. The third-order valence-electron chi connectivity index (χ3n) is 7.37. The monoisotopic (exact) mass is 490 g/mol. The van der Waals surface area contributed by atoms with E-state index >= 15 is 0 Å². The SMILES string of the molecule is COC(=O)[C@@H](C)[C@H](c1ccc2c(c1)OC(c1ccc(-c3cc(OC)ncc3F)cn1)CCC2)C1CC1. The van der Waals surface area contributed by atoms with Crippen molar-refractivity contribution in [2.24, 2.45) is 11.8 Å². The van der Waals surface area contributed by atoms with Gasteiger partial charge in [0.1, 0.15) is 17.7 Å². The zero-order chi connectivity index (χ0) is 25.2. The summed E-state index contributed by atoms with van der Waals surface area (Å²) in [6.45, 7) is 1.96. The molecule has 1 aliphatic carbocycles. The van der Waals surface area contributed by atoms with Gasteiger partial charge in [0.2, 0.25) is 5.88 Å². The average Bonchev–Trinajstić information content (AvgIpc) is 3.76. The smallest absolute Gasteiger partial charge is 0.309 e. The number of hydrogen-bond donors (Lipinski definition) is 0. The number of pyridine rings is 2. The summed E-state index contributed by atoms with van der Waals surface area (Å²) in [6.07, 6.45) is 7.61. The van der Waals surface area contributed by atoms with Crippen LogP contribution in [0.3, 0.4) is 0 Å². The summed E-state index contributed by atoms with van der Waals surface area (Å²) in [5.74, 6) is 1.02. The van der Waals surface area contributed by atoms with Gasteiger partial charge < -0.3 is 14.2 Å². The molecule has 0 saturated heterocycles. The summed E-state index contributed by atoms with van der Waals surface area (Å²) >= 11 is 0. The van der Waals surface area contributed by atoms with Crippen molar-refractivity contribution in [2.45, 2.75) is 51.0 Å². The molecule has 0 N–H and O–H groups in total. The molecule has 3 aromatic rings. The van der Waals surface area contributed by atoms with Crippen molar-refractivity contribution in [1.82, 2.24) is 9.97 Å². The molecule has 2 aromatic heterocycles. The Labute approximate surface area is 210 Å². The van der Waals surface area contributed by atoms with E-state index < -0.39 is 5.82 Å². The van der Waals surface area contributed by atoms with E-state index in [4.69, 9.17) is 14.2 Å². The number of aromatic nitrogens is 2. The van der Waals surface area contributed by atoms with Gasteiger partial charge in [0.05, 0.1) is 32.0 Å². The first-order valence-corrected chi connectivity index (χ1v) is 12.5. The molecule has 1 unspecified atom stereocenters. The van der Waals surface area contributed by atoms with Crippen LogP contribution in [0.25, 0.3) is 11.1 Å². The molecule has 1 saturated carbocycles. The first kappa shape index (κ1) is 24.2. The minimum Gasteiger partial charge on any atom is -0.484 e. The Kier molecular flexibility index (Phi) is 6.90. The zero-order valence-electron chi connectivity index (χ0n) is 20.9. The number of fused-ring (bicyclic) bond motifs is 1. The molecule has 3 atom stereocenters. The van der Waals surface area contributed by atoms with Crippen molar-refractivity contribution in [3.8, 4) is 22.8 Å². The number of aryl methyl sites for hydroxylation is 1. The maximum atomic E-state index is 14.4. The molecule has 0 radical (unpaired) electrons. The predicted octanol–water partition coefficient (Wildman–Crippen LogP) is 6.05. The van der Waals surface area contributed by atoms with Crippen LogP contribution < -0.4 is 9.47 Å². The van der Waals surface area contributed by atoms with Crippen molar-refractivity contribution < 1.29 is 23.4 Å². The molecule has 0 bridgehead atoms. The first-order chi connectivity index (χ1) is 17.5. The molecule has 1 fully saturated rings. The van der Waals surface area contributed by atoms with Gasteiger partial charge in [-0.05, 0) is 67.2 Å². The quantitative estimate of drug-likeness (QED) is 0.376. The molecule has 0 spiro atoms. The van der Waals surface area contributed by atoms with Crippen molar-refractivity contribution in [3.63, 3.8) is 0 Å². The molecular weight excluding hydrogens is 459 g/mol. The predicted molar refractivity (Wildman–Crippen MR) is 133 cm³/mol. The molecule has 3 heterocycles. The van der Waals surface area contributed by atoms with Gasteiger partial charge in [-0.1, -0.05) is 25.1 Å². The molecule has 6 nitrogen and oxygen atoms in total. The lowest BCUT2D eigenvalue weighted by atomic mass is 9.82. The molecule has 1 aromatic carbocycles. The van der Waals surface area contributed by atoms with Crippen LogP contribution in [-0.2, 0) is 16.0 Å². The van der Waals surface area contributed by atoms with E-state index in [2.05, 4.69) is 28.2 Å². The van der Waals surface area contributed by atoms with Crippen LogP contribution in [0, 0.1) is 17.7 Å². The van der Waals surface area contributed by atoms with Crippen LogP contribution in [0.1, 0.15) is 61.4 Å². The number of esters is 1. The minimum atomic E-state index is -0.427. The van der Waals surface area contributed by atoms with E-state index in [1.165, 1.54) is 19.8 Å². The van der Waals surface area contributed by atoms with Crippen LogP contribution in [0.5, 0.6) is 11.6 Å². The Morgan fingerprint density at radius 1 is 1.08 bits per heavy atom. The summed E-state index contributed by atoms with van der Waals surface area (Å²) in [5.41, 5.74) is 4.14. The van der Waals surface area contributed by atoms with Crippen LogP contribution in [0.4, 0.5) is 4.39 Å². The highest BCUT2D eigenvalue weighted by Gasteiger charge is 2.39. The number of carbonyl (C=O) groups excluding carboxylic acids is 1. The molecule has 36 heavy (non-hydrogen) atoms. The zero-order valence-corrected chi connectivity index (χ0v) is 20.9. The average molecular weight is 491 g/mol. The van der Waals surface area contributed by atoms with Crippen molar-refractivity contribution in [1.29, 1.82) is 0 Å². The maximum absolute atomic E-state index is 14.4. The van der Waals surface area contributed by atoms with E-state index in [0.29, 0.717) is 22.9 Å². The second-order valence-electron chi connectivity index (χ2n) is 9.72. The second kappa shape index (κ2) is 10.2. The van der Waals surface area contributed by atoms with Crippen LogP contribution >= 0.6 is 0 Å². The lowest BCUT2D eigenvalue weighted by Crippen LogP contribution is -2.22. The number of carbonyl (C=O) groups is 1. The topological polar surface area (TPSA) is 70.5 Å². The second-order valence-corrected chi connectivity index (χ2v) is 9.72. The van der Waals surface area contributed by atoms with Gasteiger partial charge >= 0.3 is 5.97 Å². The summed E-state index contributed by atoms with van der Waals surface area (Å²) < 4.78 is 31.1. The number of ether oxygens (including phenoxy) is 3. The lowest BCUT2D eigenvalue weighted by molar-refractivity contribution is -0.145. The summed E-state index contributed by atoms with van der Waals surface area (Å²) in [4.78, 5) is 20.9. The van der Waals surface area contributed by atoms with E-state index in [0.717, 1.165) is 55.3 Å². The lowest BCUT2D eigenvalue weighted by Gasteiger charge is -2.24. The highest BCUT2D eigenvalue weighted by Crippen LogP contribution is 2.48. The molecule has 1 aliphatic heterocycles. The van der Waals surface area contributed by atoms with Gasteiger partial charge in [0, 0.05) is 23.4 Å². The third kappa shape index (κ3) is 4.92. The number of hydrogen-bond acceptors (Lipinski definition) is 6. The summed E-state index contributed by atoms with van der Waals surface area (Å²) in [7, 11) is 2.95. The molecule has 0 amide bonds. The van der Waals surface area contributed by atoms with Crippen molar-refractivity contribution in [2.75, 3.05) is 14.2 Å². The van der Waals surface area contributed by atoms with E-state index in [9.17, 15) is 9.18 Å². The van der Waals surface area contributed by atoms with E-state index in [-0.39, 0.29) is 23.9 Å². The van der Waals surface area contributed by atoms with Gasteiger partial charge in [-0.2, -0.15) is 0 Å². The maximum Gasteiger partial charge on any atom is 0.309 e. The van der Waals surface area contributed by atoms with Crippen molar-refractivity contribution in [3.05, 3.63) is 71.4 Å². The Hall–Kier alpha value is -3.48. The summed E-state index contributed by atoms with van der Waals surface area (Å²) in [6, 6.07) is 11.7. The van der Waals surface area contributed by atoms with Crippen LogP contribution in [0.2, 0.25) is 0 Å². The van der Waals surface area contributed by atoms with Gasteiger partial charge in [0.15, 0.2) is 0 Å². The number of methoxy groups -OCH3 is 2. The summed E-state index contributed by atoms with van der Waals surface area (Å²) in [5, 5.41) is 0. The Bertz CT molecular complexity index is 1240. The van der Waals surface area contributed by atoms with Gasteiger partial charge in [-0.15, -0.1) is 0 Å². The standard InChI is InChI=1S/C29H31FN2O4/c1-17(29(33)35-3)28(19-8-9-19)20-10-7-18-5-4-6-25(36-26(18)13-20)24-12-11-21(15-31-24)22-14-27(34-2)32-16-23(22)30/h7,10-17,19,25,28H,4-6,8-9H2,1-3H3/t17-,25?,28-/m0/s1. The largest absolute Gasteiger partial charge is 0.484 e. The minimum absolute atomic E-state index is 0.123. The van der Waals surface area contributed by atoms with Crippen LogP contribution in [0.15, 0.2) is 48.8 Å².